The van der Waals surface area contributed by atoms with Gasteiger partial charge in [0.05, 0.1) is 5.69 Å². The van der Waals surface area contributed by atoms with Crippen LogP contribution in [0.4, 0.5) is 5.82 Å². The van der Waals surface area contributed by atoms with Crippen LogP contribution in [0.2, 0.25) is 0 Å². The van der Waals surface area contributed by atoms with E-state index >= 15 is 0 Å². The number of amides is 1. The first-order chi connectivity index (χ1) is 16.1. The van der Waals surface area contributed by atoms with E-state index in [-0.39, 0.29) is 18.4 Å². The molecule has 170 valence electrons. The molecule has 3 aromatic rings. The lowest BCUT2D eigenvalue weighted by molar-refractivity contribution is -0.127. The fourth-order valence-corrected chi connectivity index (χ4v) is 4.57. The first-order valence-electron chi connectivity index (χ1n) is 11.0. The number of ether oxygens (including phenoxy) is 2. The Labute approximate surface area is 200 Å². The van der Waals surface area contributed by atoms with E-state index in [0.717, 1.165) is 41.5 Å². The Hall–Kier alpha value is -3.26. The highest BCUT2D eigenvalue weighted by Gasteiger charge is 2.21. The van der Waals surface area contributed by atoms with Gasteiger partial charge in [-0.25, -0.2) is 4.98 Å². The van der Waals surface area contributed by atoms with Crippen molar-refractivity contribution < 1.29 is 19.4 Å². The Kier molecular flexibility index (Phi) is 6.09. The van der Waals surface area contributed by atoms with Gasteiger partial charge in [-0.05, 0) is 54.8 Å². The van der Waals surface area contributed by atoms with E-state index in [4.69, 9.17) is 14.5 Å². The first-order valence-corrected chi connectivity index (χ1v) is 11.8. The van der Waals surface area contributed by atoms with E-state index in [9.17, 15) is 9.90 Å². The van der Waals surface area contributed by atoms with Crippen LogP contribution in [-0.4, -0.2) is 47.3 Å². The van der Waals surface area contributed by atoms with Crippen molar-refractivity contribution in [3.05, 3.63) is 53.0 Å². The van der Waals surface area contributed by atoms with Crippen molar-refractivity contribution in [1.82, 2.24) is 9.88 Å². The number of nitrogens with zero attached hydrogens (tertiary/aromatic N) is 2. The molecule has 0 aliphatic carbocycles. The van der Waals surface area contributed by atoms with Gasteiger partial charge in [0, 0.05) is 41.7 Å². The van der Waals surface area contributed by atoms with Crippen LogP contribution in [0, 0.1) is 0 Å². The minimum Gasteiger partial charge on any atom is -0.507 e. The first kappa shape index (κ1) is 21.6. The van der Waals surface area contributed by atoms with Gasteiger partial charge < -0.3 is 24.8 Å². The highest BCUT2D eigenvalue weighted by molar-refractivity contribution is 9.10. The number of carbonyl (C=O) groups excluding carboxylic acids is 1. The van der Waals surface area contributed by atoms with E-state index in [1.165, 1.54) is 0 Å². The van der Waals surface area contributed by atoms with Gasteiger partial charge in [-0.1, -0.05) is 28.1 Å². The fraction of sp³-hybridized carbons (Fsp3) is 0.280. The number of hydrogen-bond acceptors (Lipinski definition) is 6. The number of phenolic OH excluding ortho intramolecular Hbond substituents is 1. The van der Waals surface area contributed by atoms with Crippen LogP contribution < -0.4 is 14.8 Å². The molecule has 0 spiro atoms. The zero-order valence-corrected chi connectivity index (χ0v) is 19.6. The van der Waals surface area contributed by atoms with Crippen molar-refractivity contribution in [2.75, 3.05) is 31.7 Å². The molecular formula is C25H24BrN3O4. The second-order valence-electron chi connectivity index (χ2n) is 8.09. The predicted octanol–water partition coefficient (Wildman–Crippen LogP) is 5.04. The van der Waals surface area contributed by atoms with Crippen LogP contribution in [0.15, 0.2) is 53.0 Å². The monoisotopic (exact) mass is 509 g/mol. The molecule has 1 aromatic heterocycles. The van der Waals surface area contributed by atoms with Gasteiger partial charge in [0.25, 0.3) is 0 Å². The molecule has 0 unspecified atom stereocenters. The average Bonchev–Trinajstić information content (AvgIpc) is 3.46. The molecular weight excluding hydrogens is 486 g/mol. The molecule has 3 heterocycles. The van der Waals surface area contributed by atoms with Gasteiger partial charge in [-0.3, -0.25) is 4.79 Å². The third kappa shape index (κ3) is 4.61. The van der Waals surface area contributed by atoms with Crippen molar-refractivity contribution >= 4 is 27.7 Å². The number of phenols is 1. The maximum absolute atomic E-state index is 11.8. The van der Waals surface area contributed by atoms with Crippen LogP contribution in [-0.2, 0) is 4.79 Å². The second-order valence-corrected chi connectivity index (χ2v) is 9.01. The smallest absolute Gasteiger partial charge is 0.231 e. The predicted molar refractivity (Wildman–Crippen MR) is 130 cm³/mol. The molecule has 0 radical (unpaired) electrons. The lowest BCUT2D eigenvalue weighted by atomic mass is 10.0. The summed E-state index contributed by atoms with van der Waals surface area (Å²) < 4.78 is 12.1. The summed E-state index contributed by atoms with van der Waals surface area (Å²) in [6, 6.07) is 15.0. The number of rotatable bonds is 7. The van der Waals surface area contributed by atoms with Gasteiger partial charge in [-0.2, -0.15) is 0 Å². The molecule has 1 saturated heterocycles. The van der Waals surface area contributed by atoms with Crippen molar-refractivity contribution in [2.24, 2.45) is 0 Å². The van der Waals surface area contributed by atoms with E-state index in [1.54, 1.807) is 12.1 Å². The maximum atomic E-state index is 11.8. The van der Waals surface area contributed by atoms with Crippen LogP contribution >= 0.6 is 15.9 Å². The van der Waals surface area contributed by atoms with E-state index in [2.05, 4.69) is 21.2 Å². The lowest BCUT2D eigenvalue weighted by Crippen LogP contribution is -2.27. The SMILES string of the molecule is O=C1CCCN1CCCNc1cc(-c2cccc3c2OCO3)cc(-c2cc(Br)ccc2O)n1. The summed E-state index contributed by atoms with van der Waals surface area (Å²) in [6.45, 7) is 2.45. The van der Waals surface area contributed by atoms with Crippen molar-refractivity contribution in [2.45, 2.75) is 19.3 Å². The zero-order valence-electron chi connectivity index (χ0n) is 18.0. The summed E-state index contributed by atoms with van der Waals surface area (Å²) in [5, 5.41) is 13.9. The van der Waals surface area contributed by atoms with Crippen LogP contribution in [0.1, 0.15) is 19.3 Å². The Balaban J connectivity index is 1.45. The topological polar surface area (TPSA) is 83.9 Å². The number of likely N-dealkylation sites (tertiary alicyclic amines) is 1. The highest BCUT2D eigenvalue weighted by Crippen LogP contribution is 2.43. The van der Waals surface area contributed by atoms with E-state index in [1.807, 2.05) is 41.3 Å². The lowest BCUT2D eigenvalue weighted by Gasteiger charge is -2.16. The van der Waals surface area contributed by atoms with Crippen LogP contribution in [0.3, 0.4) is 0 Å². The quantitative estimate of drug-likeness (QED) is 0.434. The Morgan fingerprint density at radius 1 is 1.12 bits per heavy atom. The van der Waals surface area contributed by atoms with E-state index < -0.39 is 0 Å². The molecule has 2 N–H and O–H groups in total. The molecule has 0 atom stereocenters. The minimum absolute atomic E-state index is 0.152. The summed E-state index contributed by atoms with van der Waals surface area (Å²) in [7, 11) is 0. The number of para-hydroxylation sites is 1. The molecule has 7 nitrogen and oxygen atoms in total. The number of halogens is 1. The third-order valence-corrected chi connectivity index (χ3v) is 6.34. The molecule has 1 fully saturated rings. The number of hydrogen-bond donors (Lipinski definition) is 2. The van der Waals surface area contributed by atoms with Gasteiger partial charge in [0.1, 0.15) is 11.6 Å². The molecule has 1 amide bonds. The summed E-state index contributed by atoms with van der Waals surface area (Å²) >= 11 is 3.48. The van der Waals surface area contributed by atoms with Crippen molar-refractivity contribution in [1.29, 1.82) is 0 Å². The average molecular weight is 510 g/mol. The van der Waals surface area contributed by atoms with Gasteiger partial charge in [-0.15, -0.1) is 0 Å². The standard InChI is InChI=1S/C25H24BrN3O4/c26-17-7-8-21(30)19(14-17)20-12-16(18-4-1-5-22-25(18)33-15-32-22)13-23(28-20)27-9-3-11-29-10-2-6-24(29)31/h1,4-5,7-8,12-14,30H,2-3,6,9-11,15H2,(H,27,28). The van der Waals surface area contributed by atoms with Gasteiger partial charge in [0.2, 0.25) is 12.7 Å². The second kappa shape index (κ2) is 9.31. The third-order valence-electron chi connectivity index (χ3n) is 5.85. The molecule has 0 bridgehead atoms. The maximum Gasteiger partial charge on any atom is 0.231 e. The number of nitrogens with one attached hydrogen (secondary N) is 1. The van der Waals surface area contributed by atoms with Gasteiger partial charge >= 0.3 is 0 Å². The van der Waals surface area contributed by atoms with E-state index in [0.29, 0.717) is 41.5 Å². The molecule has 5 rings (SSSR count). The number of fused-ring (bicyclic) bond motifs is 1. The number of carbonyl (C=O) groups is 1. The zero-order chi connectivity index (χ0) is 22.8. The number of aromatic hydroxyl groups is 1. The summed E-state index contributed by atoms with van der Waals surface area (Å²) in [5.74, 6) is 2.49. The molecule has 2 aromatic carbocycles. The molecule has 0 saturated carbocycles. The highest BCUT2D eigenvalue weighted by atomic mass is 79.9. The van der Waals surface area contributed by atoms with Gasteiger partial charge in [0.15, 0.2) is 11.5 Å². The van der Waals surface area contributed by atoms with Crippen LogP contribution in [0.25, 0.3) is 22.4 Å². The minimum atomic E-state index is 0.152. The number of anilines is 1. The summed E-state index contributed by atoms with van der Waals surface area (Å²) in [5.41, 5.74) is 3.06. The molecule has 2 aliphatic rings. The Morgan fingerprint density at radius 2 is 2.03 bits per heavy atom. The Morgan fingerprint density at radius 3 is 2.88 bits per heavy atom. The largest absolute Gasteiger partial charge is 0.507 e. The van der Waals surface area contributed by atoms with Crippen LogP contribution in [0.5, 0.6) is 17.2 Å². The molecule has 2 aliphatic heterocycles. The van der Waals surface area contributed by atoms with Crippen molar-refractivity contribution in [3.8, 4) is 39.6 Å². The summed E-state index contributed by atoms with van der Waals surface area (Å²) in [4.78, 5) is 18.5. The number of benzene rings is 2. The fourth-order valence-electron chi connectivity index (χ4n) is 4.21. The van der Waals surface area contributed by atoms with Crippen molar-refractivity contribution in [3.63, 3.8) is 0 Å². The summed E-state index contributed by atoms with van der Waals surface area (Å²) in [6.07, 6.45) is 2.43. The molecule has 8 heteroatoms. The number of pyridine rings is 1. The normalized spacial score (nSPS) is 14.7. The molecule has 33 heavy (non-hydrogen) atoms. The Bertz CT molecular complexity index is 1200. The number of aromatic nitrogens is 1.